The molecule has 0 atom stereocenters. The second-order valence-corrected chi connectivity index (χ2v) is 7.36. The number of anilines is 3. The van der Waals surface area contributed by atoms with E-state index in [2.05, 4.69) is 55.0 Å². The van der Waals surface area contributed by atoms with E-state index < -0.39 is 5.82 Å². The SMILES string of the molecule is NNc1nc(N2CCCc3c(I)cccc32)c2cc(F)cc(Cl)c2n1. The average Bonchev–Trinajstić information content (AvgIpc) is 2.61. The zero-order valence-electron chi connectivity index (χ0n) is 13.1. The van der Waals surface area contributed by atoms with Crippen molar-refractivity contribution < 1.29 is 4.39 Å². The van der Waals surface area contributed by atoms with E-state index in [1.54, 1.807) is 0 Å². The predicted molar refractivity (Wildman–Crippen MR) is 107 cm³/mol. The summed E-state index contributed by atoms with van der Waals surface area (Å²) in [6.07, 6.45) is 1.98. The van der Waals surface area contributed by atoms with Crippen molar-refractivity contribution in [3.05, 3.63) is 50.3 Å². The summed E-state index contributed by atoms with van der Waals surface area (Å²) in [6, 6.07) is 8.82. The molecule has 0 saturated heterocycles. The highest BCUT2D eigenvalue weighted by atomic mass is 127. The largest absolute Gasteiger partial charge is 0.325 e. The van der Waals surface area contributed by atoms with Gasteiger partial charge in [-0.3, -0.25) is 5.43 Å². The van der Waals surface area contributed by atoms with Crippen molar-refractivity contribution in [1.29, 1.82) is 0 Å². The Kier molecular flexibility index (Phi) is 4.38. The van der Waals surface area contributed by atoms with Gasteiger partial charge >= 0.3 is 0 Å². The number of nitrogens with zero attached hydrogens (tertiary/aromatic N) is 3. The number of aromatic nitrogens is 2. The molecule has 1 aromatic heterocycles. The van der Waals surface area contributed by atoms with Gasteiger partial charge in [0, 0.05) is 21.2 Å². The number of hydrogen-bond acceptors (Lipinski definition) is 5. The van der Waals surface area contributed by atoms with E-state index in [9.17, 15) is 4.39 Å². The molecule has 128 valence electrons. The molecule has 25 heavy (non-hydrogen) atoms. The molecule has 5 nitrogen and oxygen atoms in total. The molecule has 3 aromatic rings. The highest BCUT2D eigenvalue weighted by Gasteiger charge is 2.24. The standard InChI is InChI=1S/C17H14ClFIN5/c18-12-8-9(19)7-11-15(12)22-17(24-21)23-16(11)25-6-2-3-10-13(20)4-1-5-14(10)25/h1,4-5,7-8H,2-3,6,21H2,(H,22,23,24). The van der Waals surface area contributed by atoms with Crippen molar-refractivity contribution in [3.63, 3.8) is 0 Å². The van der Waals surface area contributed by atoms with Crippen molar-refractivity contribution in [2.75, 3.05) is 16.9 Å². The van der Waals surface area contributed by atoms with Gasteiger partial charge in [-0.1, -0.05) is 17.7 Å². The zero-order chi connectivity index (χ0) is 17.6. The normalized spacial score (nSPS) is 13.8. The van der Waals surface area contributed by atoms with E-state index in [0.717, 1.165) is 25.1 Å². The number of rotatable bonds is 2. The Morgan fingerprint density at radius 3 is 2.92 bits per heavy atom. The van der Waals surface area contributed by atoms with Crippen LogP contribution in [-0.2, 0) is 6.42 Å². The summed E-state index contributed by atoms with van der Waals surface area (Å²) in [5.74, 6) is 5.95. The number of nitrogen functional groups attached to an aromatic ring is 1. The maximum absolute atomic E-state index is 14.0. The van der Waals surface area contributed by atoms with Crippen molar-refractivity contribution in [2.24, 2.45) is 5.84 Å². The second kappa shape index (κ2) is 6.54. The summed E-state index contributed by atoms with van der Waals surface area (Å²) in [4.78, 5) is 10.9. The molecule has 1 aliphatic rings. The minimum absolute atomic E-state index is 0.232. The predicted octanol–water partition coefficient (Wildman–Crippen LogP) is 4.40. The second-order valence-electron chi connectivity index (χ2n) is 5.79. The van der Waals surface area contributed by atoms with Gasteiger partial charge in [-0.05, 0) is 65.3 Å². The van der Waals surface area contributed by atoms with E-state index in [1.807, 2.05) is 6.07 Å². The molecule has 0 spiro atoms. The summed E-state index contributed by atoms with van der Waals surface area (Å²) >= 11 is 8.55. The number of halogens is 3. The Hall–Kier alpha value is -1.71. The topological polar surface area (TPSA) is 67.1 Å². The van der Waals surface area contributed by atoms with Gasteiger partial charge in [-0.2, -0.15) is 4.98 Å². The van der Waals surface area contributed by atoms with E-state index in [4.69, 9.17) is 17.4 Å². The Morgan fingerprint density at radius 2 is 2.12 bits per heavy atom. The van der Waals surface area contributed by atoms with Gasteiger partial charge in [-0.25, -0.2) is 15.2 Å². The van der Waals surface area contributed by atoms with Crippen molar-refractivity contribution in [2.45, 2.75) is 12.8 Å². The maximum atomic E-state index is 14.0. The Bertz CT molecular complexity index is 981. The van der Waals surface area contributed by atoms with Crippen molar-refractivity contribution in [1.82, 2.24) is 9.97 Å². The van der Waals surface area contributed by atoms with Gasteiger partial charge in [0.15, 0.2) is 0 Å². The minimum atomic E-state index is -0.421. The lowest BCUT2D eigenvalue weighted by molar-refractivity contribution is 0.629. The van der Waals surface area contributed by atoms with E-state index in [-0.39, 0.29) is 11.0 Å². The Labute approximate surface area is 162 Å². The maximum Gasteiger partial charge on any atom is 0.239 e. The third-order valence-corrected chi connectivity index (χ3v) is 5.58. The van der Waals surface area contributed by atoms with Crippen LogP contribution in [0.4, 0.5) is 21.8 Å². The van der Waals surface area contributed by atoms with Gasteiger partial charge < -0.3 is 4.90 Å². The molecule has 8 heteroatoms. The number of nitrogens with one attached hydrogen (secondary N) is 1. The zero-order valence-corrected chi connectivity index (χ0v) is 16.0. The lowest BCUT2D eigenvalue weighted by Crippen LogP contribution is -2.27. The van der Waals surface area contributed by atoms with Crippen LogP contribution in [0.5, 0.6) is 0 Å². The Balaban J connectivity index is 2.01. The van der Waals surface area contributed by atoms with Crippen LogP contribution in [0.25, 0.3) is 10.9 Å². The minimum Gasteiger partial charge on any atom is -0.325 e. The summed E-state index contributed by atoms with van der Waals surface area (Å²) in [5.41, 5.74) is 5.28. The van der Waals surface area contributed by atoms with Crippen LogP contribution in [0.15, 0.2) is 30.3 Å². The summed E-state index contributed by atoms with van der Waals surface area (Å²) in [7, 11) is 0. The van der Waals surface area contributed by atoms with E-state index in [1.165, 1.54) is 21.3 Å². The van der Waals surface area contributed by atoms with Crippen LogP contribution in [0.1, 0.15) is 12.0 Å². The van der Waals surface area contributed by atoms with Gasteiger partial charge in [-0.15, -0.1) is 0 Å². The van der Waals surface area contributed by atoms with Gasteiger partial charge in [0.2, 0.25) is 5.95 Å². The first-order chi connectivity index (χ1) is 12.1. The first kappa shape index (κ1) is 16.7. The number of hydrogen-bond donors (Lipinski definition) is 2. The summed E-state index contributed by atoms with van der Waals surface area (Å²) < 4.78 is 15.2. The molecule has 2 heterocycles. The molecule has 0 bridgehead atoms. The molecule has 0 saturated carbocycles. The summed E-state index contributed by atoms with van der Waals surface area (Å²) in [6.45, 7) is 0.775. The average molecular weight is 470 g/mol. The molecular formula is C17H14ClFIN5. The number of nitrogens with two attached hydrogens (primary N) is 1. The highest BCUT2D eigenvalue weighted by Crippen LogP contribution is 2.39. The first-order valence-corrected chi connectivity index (χ1v) is 9.22. The van der Waals surface area contributed by atoms with Crippen LogP contribution in [-0.4, -0.2) is 16.5 Å². The Morgan fingerprint density at radius 1 is 1.28 bits per heavy atom. The molecule has 1 aliphatic heterocycles. The van der Waals surface area contributed by atoms with Crippen LogP contribution >= 0.6 is 34.2 Å². The lowest BCUT2D eigenvalue weighted by atomic mass is 10.0. The first-order valence-electron chi connectivity index (χ1n) is 7.77. The number of fused-ring (bicyclic) bond motifs is 2. The van der Waals surface area contributed by atoms with Crippen LogP contribution in [0.2, 0.25) is 5.02 Å². The molecule has 0 radical (unpaired) electrons. The number of benzene rings is 2. The smallest absolute Gasteiger partial charge is 0.239 e. The van der Waals surface area contributed by atoms with E-state index >= 15 is 0 Å². The van der Waals surface area contributed by atoms with E-state index in [0.29, 0.717) is 16.7 Å². The molecule has 0 amide bonds. The van der Waals surface area contributed by atoms with Crippen LogP contribution in [0, 0.1) is 9.39 Å². The van der Waals surface area contributed by atoms with Crippen LogP contribution < -0.4 is 16.2 Å². The van der Waals surface area contributed by atoms with Crippen molar-refractivity contribution in [3.8, 4) is 0 Å². The fraction of sp³-hybridized carbons (Fsp3) is 0.176. The molecule has 0 aliphatic carbocycles. The lowest BCUT2D eigenvalue weighted by Gasteiger charge is -2.32. The number of hydrazine groups is 1. The fourth-order valence-electron chi connectivity index (χ4n) is 3.21. The van der Waals surface area contributed by atoms with Gasteiger partial charge in [0.05, 0.1) is 10.5 Å². The monoisotopic (exact) mass is 469 g/mol. The third-order valence-electron chi connectivity index (χ3n) is 4.28. The third kappa shape index (κ3) is 2.90. The summed E-state index contributed by atoms with van der Waals surface area (Å²) in [5, 5.41) is 0.797. The van der Waals surface area contributed by atoms with Gasteiger partial charge in [0.1, 0.15) is 11.6 Å². The molecule has 4 rings (SSSR count). The molecule has 2 aromatic carbocycles. The fourth-order valence-corrected chi connectivity index (χ4v) is 4.22. The molecule has 3 N–H and O–H groups in total. The molecule has 0 unspecified atom stereocenters. The van der Waals surface area contributed by atoms with Crippen molar-refractivity contribution >= 4 is 62.5 Å². The molecular weight excluding hydrogens is 456 g/mol. The van der Waals surface area contributed by atoms with Gasteiger partial charge in [0.25, 0.3) is 0 Å². The quantitative estimate of drug-likeness (QED) is 0.331. The molecule has 0 fully saturated rings. The van der Waals surface area contributed by atoms with Crippen LogP contribution in [0.3, 0.4) is 0 Å². The highest BCUT2D eigenvalue weighted by molar-refractivity contribution is 14.1.